The molecule has 0 unspecified atom stereocenters. The third-order valence-electron chi connectivity index (χ3n) is 4.80. The molecule has 0 aromatic carbocycles. The van der Waals surface area contributed by atoms with Crippen LogP contribution in [-0.4, -0.2) is 53.7 Å². The molecule has 0 spiro atoms. The molecule has 3 N–H and O–H groups in total. The van der Waals surface area contributed by atoms with Gasteiger partial charge in [-0.2, -0.15) is 0 Å². The lowest BCUT2D eigenvalue weighted by Crippen LogP contribution is -2.35. The number of anilines is 3. The number of hydrogen-bond acceptors (Lipinski definition) is 9. The number of nitrogens with one attached hydrogen (secondary N) is 3. The Bertz CT molecular complexity index is 1090. The van der Waals surface area contributed by atoms with Crippen molar-refractivity contribution < 1.29 is 0 Å². The smallest absolute Gasteiger partial charge is 0.228 e. The summed E-state index contributed by atoms with van der Waals surface area (Å²) in [6.07, 6.45) is 12.3. The van der Waals surface area contributed by atoms with Crippen LogP contribution < -0.4 is 16.0 Å². The summed E-state index contributed by atoms with van der Waals surface area (Å²) < 4.78 is 1.82. The monoisotopic (exact) mass is 388 g/mol. The molecule has 4 aromatic heterocycles. The van der Waals surface area contributed by atoms with Gasteiger partial charge in [0.15, 0.2) is 11.5 Å². The topological polar surface area (TPSA) is 118 Å². The third-order valence-corrected chi connectivity index (χ3v) is 4.80. The van der Waals surface area contributed by atoms with Crippen molar-refractivity contribution in [3.8, 4) is 11.3 Å². The van der Waals surface area contributed by atoms with Crippen molar-refractivity contribution in [1.82, 2.24) is 39.9 Å². The molecule has 5 rings (SSSR count). The van der Waals surface area contributed by atoms with Crippen LogP contribution in [0.5, 0.6) is 0 Å². The fourth-order valence-corrected chi connectivity index (χ4v) is 3.33. The minimum atomic E-state index is 0.433. The van der Waals surface area contributed by atoms with E-state index in [9.17, 15) is 0 Å². The molecule has 4 aromatic rings. The van der Waals surface area contributed by atoms with E-state index >= 15 is 0 Å². The molecule has 10 heteroatoms. The van der Waals surface area contributed by atoms with Gasteiger partial charge in [-0.05, 0) is 38.1 Å². The van der Waals surface area contributed by atoms with Gasteiger partial charge in [0.25, 0.3) is 0 Å². The lowest BCUT2D eigenvalue weighted by Gasteiger charge is -2.24. The molecule has 0 radical (unpaired) electrons. The summed E-state index contributed by atoms with van der Waals surface area (Å²) >= 11 is 0. The maximum absolute atomic E-state index is 4.73. The SMILES string of the molecule is c1cnc(Nc2ncc(-c3cnc4ccc(NC5CCNCC5)nn34)cn2)cn1. The summed E-state index contributed by atoms with van der Waals surface area (Å²) in [6, 6.07) is 4.37. The van der Waals surface area contributed by atoms with Gasteiger partial charge in [0.05, 0.1) is 18.1 Å². The Labute approximate surface area is 166 Å². The van der Waals surface area contributed by atoms with Gasteiger partial charge in [-0.15, -0.1) is 5.10 Å². The number of nitrogens with zero attached hydrogens (tertiary/aromatic N) is 7. The summed E-state index contributed by atoms with van der Waals surface area (Å²) in [7, 11) is 0. The van der Waals surface area contributed by atoms with Gasteiger partial charge in [0, 0.05) is 36.4 Å². The van der Waals surface area contributed by atoms with E-state index in [2.05, 4.69) is 40.9 Å². The van der Waals surface area contributed by atoms with Gasteiger partial charge in [0.2, 0.25) is 5.95 Å². The number of imidazole rings is 1. The normalized spacial score (nSPS) is 14.8. The highest BCUT2D eigenvalue weighted by molar-refractivity contribution is 5.63. The third kappa shape index (κ3) is 3.83. The van der Waals surface area contributed by atoms with Crippen LogP contribution in [-0.2, 0) is 0 Å². The number of aromatic nitrogens is 7. The standard InChI is InChI=1S/C19H20N10/c1-2-18-23-11-15(29(18)28-16(1)26-14-3-5-20-6-4-14)13-9-24-19(25-10-13)27-17-12-21-7-8-22-17/h1-2,7-12,14,20H,3-6H2,(H,26,28)(H,22,24,25,27). The van der Waals surface area contributed by atoms with Gasteiger partial charge in [-0.1, -0.05) is 0 Å². The van der Waals surface area contributed by atoms with Crippen LogP contribution in [0.1, 0.15) is 12.8 Å². The van der Waals surface area contributed by atoms with E-state index in [1.54, 1.807) is 37.2 Å². The fourth-order valence-electron chi connectivity index (χ4n) is 3.33. The number of fused-ring (bicyclic) bond motifs is 1. The summed E-state index contributed by atoms with van der Waals surface area (Å²) in [6.45, 7) is 2.06. The van der Waals surface area contributed by atoms with Crippen LogP contribution in [0, 0.1) is 0 Å². The van der Waals surface area contributed by atoms with Crippen LogP contribution in [0.25, 0.3) is 16.9 Å². The van der Waals surface area contributed by atoms with E-state index in [0.717, 1.165) is 48.7 Å². The van der Waals surface area contributed by atoms with Crippen LogP contribution >= 0.6 is 0 Å². The second kappa shape index (κ2) is 7.76. The maximum atomic E-state index is 4.73. The fraction of sp³-hybridized carbons (Fsp3) is 0.263. The van der Waals surface area contributed by atoms with Gasteiger partial charge in [-0.25, -0.2) is 24.5 Å². The highest BCUT2D eigenvalue weighted by Gasteiger charge is 2.14. The van der Waals surface area contributed by atoms with Gasteiger partial charge in [-0.3, -0.25) is 4.98 Å². The lowest BCUT2D eigenvalue weighted by molar-refractivity contribution is 0.477. The van der Waals surface area contributed by atoms with Crippen molar-refractivity contribution >= 4 is 23.2 Å². The average Bonchev–Trinajstić information content (AvgIpc) is 3.19. The van der Waals surface area contributed by atoms with Crippen molar-refractivity contribution in [3.63, 3.8) is 0 Å². The summed E-state index contributed by atoms with van der Waals surface area (Å²) in [4.78, 5) is 21.4. The zero-order chi connectivity index (χ0) is 19.5. The van der Waals surface area contributed by atoms with E-state index in [1.165, 1.54) is 0 Å². The second-order valence-electron chi connectivity index (χ2n) is 6.81. The quantitative estimate of drug-likeness (QED) is 0.471. The van der Waals surface area contributed by atoms with Crippen LogP contribution in [0.2, 0.25) is 0 Å². The minimum Gasteiger partial charge on any atom is -0.366 e. The lowest BCUT2D eigenvalue weighted by atomic mass is 10.1. The van der Waals surface area contributed by atoms with E-state index in [1.807, 2.05) is 16.6 Å². The van der Waals surface area contributed by atoms with E-state index in [-0.39, 0.29) is 0 Å². The molecule has 0 atom stereocenters. The average molecular weight is 388 g/mol. The molecule has 1 aliphatic rings. The molecule has 1 saturated heterocycles. The molecule has 1 aliphatic heterocycles. The van der Waals surface area contributed by atoms with E-state index in [4.69, 9.17) is 5.10 Å². The Morgan fingerprint density at radius 3 is 2.55 bits per heavy atom. The van der Waals surface area contributed by atoms with Gasteiger partial charge >= 0.3 is 0 Å². The largest absolute Gasteiger partial charge is 0.366 e. The summed E-state index contributed by atoms with van der Waals surface area (Å²) in [5, 5.41) is 14.6. The van der Waals surface area contributed by atoms with Gasteiger partial charge in [0.1, 0.15) is 5.82 Å². The summed E-state index contributed by atoms with van der Waals surface area (Å²) in [5.41, 5.74) is 2.44. The molecule has 0 aliphatic carbocycles. The Kier molecular flexibility index (Phi) is 4.67. The van der Waals surface area contributed by atoms with Crippen LogP contribution in [0.4, 0.5) is 17.6 Å². The molecule has 146 valence electrons. The Morgan fingerprint density at radius 2 is 1.76 bits per heavy atom. The van der Waals surface area contributed by atoms with Crippen molar-refractivity contribution in [2.24, 2.45) is 0 Å². The first-order chi connectivity index (χ1) is 14.3. The number of piperidine rings is 1. The van der Waals surface area contributed by atoms with Crippen molar-refractivity contribution in [1.29, 1.82) is 0 Å². The number of rotatable bonds is 5. The molecule has 0 saturated carbocycles. The molecule has 0 bridgehead atoms. The number of hydrogen-bond donors (Lipinski definition) is 3. The predicted octanol–water partition coefficient (Wildman–Crippen LogP) is 1.88. The van der Waals surface area contributed by atoms with Crippen LogP contribution in [0.15, 0.2) is 49.3 Å². The van der Waals surface area contributed by atoms with Crippen LogP contribution in [0.3, 0.4) is 0 Å². The zero-order valence-electron chi connectivity index (χ0n) is 15.7. The molecule has 0 amide bonds. The van der Waals surface area contributed by atoms with E-state index in [0.29, 0.717) is 17.8 Å². The first-order valence-corrected chi connectivity index (χ1v) is 9.53. The predicted molar refractivity (Wildman–Crippen MR) is 109 cm³/mol. The Balaban J connectivity index is 1.38. The highest BCUT2D eigenvalue weighted by Crippen LogP contribution is 2.21. The first kappa shape index (κ1) is 17.4. The van der Waals surface area contributed by atoms with Crippen molar-refractivity contribution in [2.45, 2.75) is 18.9 Å². The molecule has 5 heterocycles. The Hall–Kier alpha value is -3.66. The molecule has 1 fully saturated rings. The van der Waals surface area contributed by atoms with Gasteiger partial charge < -0.3 is 16.0 Å². The molecular weight excluding hydrogens is 368 g/mol. The maximum Gasteiger partial charge on any atom is 0.228 e. The van der Waals surface area contributed by atoms with Crippen molar-refractivity contribution in [3.05, 3.63) is 49.3 Å². The first-order valence-electron chi connectivity index (χ1n) is 9.53. The summed E-state index contributed by atoms with van der Waals surface area (Å²) in [5.74, 6) is 1.88. The highest BCUT2D eigenvalue weighted by atomic mass is 15.3. The molecule has 29 heavy (non-hydrogen) atoms. The Morgan fingerprint density at radius 1 is 0.897 bits per heavy atom. The second-order valence-corrected chi connectivity index (χ2v) is 6.81. The zero-order valence-corrected chi connectivity index (χ0v) is 15.7. The van der Waals surface area contributed by atoms with E-state index < -0.39 is 0 Å². The minimum absolute atomic E-state index is 0.433. The molecular formula is C19H20N10. The van der Waals surface area contributed by atoms with Crippen molar-refractivity contribution in [2.75, 3.05) is 23.7 Å². The molecule has 10 nitrogen and oxygen atoms in total.